The molecule has 1 unspecified atom stereocenters. The van der Waals surface area contributed by atoms with E-state index in [1.807, 2.05) is 6.07 Å². The second-order valence-corrected chi connectivity index (χ2v) is 7.56. The third-order valence-corrected chi connectivity index (χ3v) is 6.29. The van der Waals surface area contributed by atoms with Crippen LogP contribution >= 0.6 is 0 Å². The van der Waals surface area contributed by atoms with E-state index in [-0.39, 0.29) is 0 Å². The van der Waals surface area contributed by atoms with Crippen LogP contribution in [0.4, 0.5) is 0 Å². The molecule has 0 aromatic heterocycles. The van der Waals surface area contributed by atoms with E-state index < -0.39 is 8.56 Å². The molecule has 0 saturated carbocycles. The normalized spacial score (nSPS) is 14.7. The van der Waals surface area contributed by atoms with E-state index >= 15 is 0 Å². The van der Waals surface area contributed by atoms with Crippen molar-refractivity contribution in [2.45, 2.75) is 32.4 Å². The van der Waals surface area contributed by atoms with Crippen molar-refractivity contribution in [1.82, 2.24) is 0 Å². The molecule has 0 saturated heterocycles. The maximum Gasteiger partial charge on any atom is 0.342 e. The summed E-state index contributed by atoms with van der Waals surface area (Å²) in [5.74, 6) is 0. The summed E-state index contributed by atoms with van der Waals surface area (Å²) in [7, 11) is -0.219. The van der Waals surface area contributed by atoms with E-state index in [9.17, 15) is 0 Å². The van der Waals surface area contributed by atoms with Gasteiger partial charge in [-0.2, -0.15) is 0 Å². The molecule has 0 aliphatic heterocycles. The Morgan fingerprint density at radius 2 is 1.81 bits per heavy atom. The lowest BCUT2D eigenvalue weighted by atomic mass is 10.2. The largest absolute Gasteiger partial charge is 0.397 e. The lowest BCUT2D eigenvalue weighted by Crippen LogP contribution is -2.43. The molecule has 0 fully saturated rings. The molecule has 0 spiro atoms. The van der Waals surface area contributed by atoms with Crippen LogP contribution in [-0.2, 0) is 14.9 Å². The van der Waals surface area contributed by atoms with Gasteiger partial charge in [0.25, 0.3) is 0 Å². The number of rotatable bonds is 7. The van der Waals surface area contributed by atoms with Crippen LogP contribution in [0.2, 0.25) is 6.04 Å². The summed E-state index contributed by atoms with van der Waals surface area (Å²) in [5.41, 5.74) is 1.31. The van der Waals surface area contributed by atoms with Crippen LogP contribution in [0.5, 0.6) is 0 Å². The summed E-state index contributed by atoms with van der Waals surface area (Å²) in [6, 6.07) is 12.4. The van der Waals surface area contributed by atoms with Crippen LogP contribution in [0.1, 0.15) is 25.8 Å². The highest BCUT2D eigenvalue weighted by Gasteiger charge is 2.34. The van der Waals surface area contributed by atoms with E-state index in [2.05, 4.69) is 38.1 Å². The molecule has 2 nitrogen and oxygen atoms in total. The Labute approximate surface area is 99.8 Å². The van der Waals surface area contributed by atoms with Crippen molar-refractivity contribution in [1.29, 1.82) is 0 Å². The van der Waals surface area contributed by atoms with Crippen LogP contribution in [0.25, 0.3) is 0 Å². The summed E-state index contributed by atoms with van der Waals surface area (Å²) < 4.78 is 11.7. The Hall–Kier alpha value is -0.643. The van der Waals surface area contributed by atoms with E-state index in [0.29, 0.717) is 0 Å². The van der Waals surface area contributed by atoms with Gasteiger partial charge in [0.05, 0.1) is 0 Å². The predicted molar refractivity (Wildman–Crippen MR) is 69.6 cm³/mol. The first kappa shape index (κ1) is 13.4. The van der Waals surface area contributed by atoms with Crippen LogP contribution in [0, 0.1) is 0 Å². The summed E-state index contributed by atoms with van der Waals surface area (Å²) >= 11 is 0. The predicted octanol–water partition coefficient (Wildman–Crippen LogP) is 3.30. The summed E-state index contributed by atoms with van der Waals surface area (Å²) in [6.45, 7) is 5.10. The number of hydrogen-bond donors (Lipinski definition) is 0. The first-order chi connectivity index (χ1) is 7.76. The fourth-order valence-electron chi connectivity index (χ4n) is 1.75. The second-order valence-electron chi connectivity index (χ2n) is 3.98. The summed E-state index contributed by atoms with van der Waals surface area (Å²) in [4.78, 5) is 0. The molecule has 0 N–H and O–H groups in total. The molecule has 1 aromatic rings. The van der Waals surface area contributed by atoms with Gasteiger partial charge in [-0.1, -0.05) is 44.2 Å². The van der Waals surface area contributed by atoms with Gasteiger partial charge in [0.2, 0.25) is 0 Å². The smallest absolute Gasteiger partial charge is 0.342 e. The minimum atomic E-state index is -2.01. The highest BCUT2D eigenvalue weighted by Crippen LogP contribution is 2.19. The zero-order valence-corrected chi connectivity index (χ0v) is 11.5. The van der Waals surface area contributed by atoms with Crippen molar-refractivity contribution in [3.05, 3.63) is 35.9 Å². The highest BCUT2D eigenvalue weighted by molar-refractivity contribution is 6.66. The number of benzene rings is 1. The summed E-state index contributed by atoms with van der Waals surface area (Å²) in [6.07, 6.45) is 1.05. The maximum absolute atomic E-state index is 6.00. The van der Waals surface area contributed by atoms with Crippen molar-refractivity contribution < 1.29 is 8.85 Å². The first-order valence-electron chi connectivity index (χ1n) is 5.99. The monoisotopic (exact) mass is 238 g/mol. The highest BCUT2D eigenvalue weighted by atomic mass is 28.4. The second kappa shape index (κ2) is 6.84. The molecule has 1 aromatic carbocycles. The topological polar surface area (TPSA) is 18.5 Å². The average molecular weight is 238 g/mol. The quantitative estimate of drug-likeness (QED) is 0.679. The van der Waals surface area contributed by atoms with Gasteiger partial charge in [0.15, 0.2) is 0 Å². The molecule has 0 bridgehead atoms. The Morgan fingerprint density at radius 3 is 2.31 bits per heavy atom. The maximum atomic E-state index is 6.00. The fourth-order valence-corrected chi connectivity index (χ4v) is 4.29. The zero-order chi connectivity index (χ0) is 11.9. The van der Waals surface area contributed by atoms with E-state index in [1.54, 1.807) is 7.11 Å². The van der Waals surface area contributed by atoms with Crippen molar-refractivity contribution in [2.24, 2.45) is 0 Å². The van der Waals surface area contributed by atoms with Crippen LogP contribution < -0.4 is 0 Å². The van der Waals surface area contributed by atoms with Gasteiger partial charge in [0, 0.05) is 19.8 Å². The van der Waals surface area contributed by atoms with Crippen molar-refractivity contribution in [3.63, 3.8) is 0 Å². The molecule has 0 amide bonds. The first-order valence-corrected chi connectivity index (χ1v) is 8.22. The molecular formula is C13H22O2Si. The minimum absolute atomic E-state index is 0.806. The molecule has 0 aliphatic rings. The lowest BCUT2D eigenvalue weighted by molar-refractivity contribution is 0.198. The van der Waals surface area contributed by atoms with Crippen molar-refractivity contribution in [2.75, 3.05) is 13.7 Å². The molecule has 1 rings (SSSR count). The Kier molecular flexibility index (Phi) is 5.73. The lowest BCUT2D eigenvalue weighted by Gasteiger charge is -2.28. The molecule has 1 atom stereocenters. The third-order valence-electron chi connectivity index (χ3n) is 2.80. The zero-order valence-electron chi connectivity index (χ0n) is 10.5. The van der Waals surface area contributed by atoms with E-state index in [1.165, 1.54) is 5.56 Å². The van der Waals surface area contributed by atoms with E-state index in [4.69, 9.17) is 8.85 Å². The average Bonchev–Trinajstić information content (AvgIpc) is 2.36. The van der Waals surface area contributed by atoms with Gasteiger partial charge in [-0.15, -0.1) is 0 Å². The van der Waals surface area contributed by atoms with Gasteiger partial charge >= 0.3 is 8.56 Å². The molecule has 0 radical (unpaired) electrons. The molecular weight excluding hydrogens is 216 g/mol. The Morgan fingerprint density at radius 1 is 1.12 bits per heavy atom. The van der Waals surface area contributed by atoms with Gasteiger partial charge in [0.1, 0.15) is 0 Å². The molecule has 0 aliphatic carbocycles. The molecule has 90 valence electrons. The van der Waals surface area contributed by atoms with Gasteiger partial charge in [-0.25, -0.2) is 0 Å². The van der Waals surface area contributed by atoms with Gasteiger partial charge < -0.3 is 8.85 Å². The van der Waals surface area contributed by atoms with Gasteiger partial charge in [-0.05, 0) is 18.0 Å². The third kappa shape index (κ3) is 3.74. The Balaban J connectivity index is 2.70. The molecule has 0 heterocycles. The van der Waals surface area contributed by atoms with E-state index in [0.717, 1.165) is 25.1 Å². The molecule has 3 heteroatoms. The Bertz CT molecular complexity index is 283. The fraction of sp³-hybridized carbons (Fsp3) is 0.538. The van der Waals surface area contributed by atoms with Gasteiger partial charge in [-0.3, -0.25) is 0 Å². The standard InChI is InChI=1S/C13H22O2Si/c1-4-11-15-16(5-2,14-3)12-13-9-7-6-8-10-13/h6-10H,4-5,11-12H2,1-3H3. The summed E-state index contributed by atoms with van der Waals surface area (Å²) in [5, 5.41) is 0. The van der Waals surface area contributed by atoms with Crippen LogP contribution in [0.15, 0.2) is 30.3 Å². The van der Waals surface area contributed by atoms with Crippen molar-refractivity contribution in [3.8, 4) is 0 Å². The number of hydrogen-bond acceptors (Lipinski definition) is 2. The molecule has 16 heavy (non-hydrogen) atoms. The van der Waals surface area contributed by atoms with Crippen LogP contribution in [-0.4, -0.2) is 22.3 Å². The minimum Gasteiger partial charge on any atom is -0.397 e. The van der Waals surface area contributed by atoms with Crippen LogP contribution in [0.3, 0.4) is 0 Å². The SMILES string of the molecule is CCCO[Si](CC)(Cc1ccccc1)OC. The van der Waals surface area contributed by atoms with Crippen molar-refractivity contribution >= 4 is 8.56 Å².